The van der Waals surface area contributed by atoms with Crippen LogP contribution in [0.2, 0.25) is 0 Å². The molecule has 1 saturated heterocycles. The number of halogens is 3. The molecule has 0 aromatic heterocycles. The number of alkyl halides is 3. The van der Waals surface area contributed by atoms with Gasteiger partial charge in [0.2, 0.25) is 0 Å². The Hall–Kier alpha value is -1.12. The van der Waals surface area contributed by atoms with E-state index in [9.17, 15) is 28.2 Å². The number of aliphatic carboxylic acids is 2. The van der Waals surface area contributed by atoms with Gasteiger partial charge in [0.05, 0.1) is 6.10 Å². The minimum absolute atomic E-state index is 0.313. The second-order valence-corrected chi connectivity index (χ2v) is 5.81. The molecule has 0 spiro atoms. The number of carboxylic acid groups (broad SMARTS) is 2. The van der Waals surface area contributed by atoms with Crippen molar-refractivity contribution >= 4 is 23.7 Å². The Bertz CT molecular complexity index is 425. The SMILES string of the molecule is N[C@@H](CCSC[C@H]1O[C@@H](O)[C@H](O)[C@@H]1O)C(=O)O.O=C(O)C(F)(F)F. The third-order valence-corrected chi connectivity index (χ3v) is 3.84. The van der Waals surface area contributed by atoms with Gasteiger partial charge in [-0.3, -0.25) is 4.79 Å². The number of ether oxygens (including phenoxy) is 1. The Balaban J connectivity index is 0.000000640. The average Bonchev–Trinajstić information content (AvgIpc) is 2.70. The van der Waals surface area contributed by atoms with E-state index in [4.69, 9.17) is 30.6 Å². The number of hydrogen-bond donors (Lipinski definition) is 6. The van der Waals surface area contributed by atoms with E-state index >= 15 is 0 Å². The van der Waals surface area contributed by atoms with Crippen molar-refractivity contribution in [1.82, 2.24) is 0 Å². The van der Waals surface area contributed by atoms with Gasteiger partial charge in [-0.05, 0) is 12.2 Å². The van der Waals surface area contributed by atoms with E-state index in [0.717, 1.165) is 0 Å². The molecule has 1 fully saturated rings. The number of rotatable bonds is 6. The number of thioether (sulfide) groups is 1. The first-order valence-electron chi connectivity index (χ1n) is 6.43. The van der Waals surface area contributed by atoms with Gasteiger partial charge in [0, 0.05) is 5.75 Å². The van der Waals surface area contributed by atoms with E-state index in [0.29, 0.717) is 17.9 Å². The predicted molar refractivity (Wildman–Crippen MR) is 74.1 cm³/mol. The Morgan fingerprint density at radius 3 is 2.00 bits per heavy atom. The fraction of sp³-hybridized carbons (Fsp3) is 0.818. The molecule has 1 aliphatic heterocycles. The van der Waals surface area contributed by atoms with Crippen LogP contribution in [0.25, 0.3) is 0 Å². The van der Waals surface area contributed by atoms with Gasteiger partial charge in [-0.25, -0.2) is 4.79 Å². The number of nitrogens with two attached hydrogens (primary N) is 1. The van der Waals surface area contributed by atoms with Crippen LogP contribution >= 0.6 is 11.8 Å². The molecule has 5 atom stereocenters. The molecule has 0 amide bonds. The van der Waals surface area contributed by atoms with Crippen LogP contribution in [0.5, 0.6) is 0 Å². The van der Waals surface area contributed by atoms with Gasteiger partial charge in [0.15, 0.2) is 6.29 Å². The zero-order valence-corrected chi connectivity index (χ0v) is 12.9. The Morgan fingerprint density at radius 2 is 1.67 bits per heavy atom. The van der Waals surface area contributed by atoms with Crippen LogP contribution in [-0.2, 0) is 14.3 Å². The van der Waals surface area contributed by atoms with Gasteiger partial charge in [-0.2, -0.15) is 24.9 Å². The summed E-state index contributed by atoms with van der Waals surface area (Å²) in [7, 11) is 0. The van der Waals surface area contributed by atoms with Crippen LogP contribution in [0.15, 0.2) is 0 Å². The molecular formula is C11H18F3NO8S. The third-order valence-electron chi connectivity index (χ3n) is 2.75. The van der Waals surface area contributed by atoms with Crippen molar-refractivity contribution in [2.45, 2.75) is 43.2 Å². The largest absolute Gasteiger partial charge is 0.490 e. The molecule has 0 aliphatic carbocycles. The molecule has 0 aromatic rings. The molecule has 9 nitrogen and oxygen atoms in total. The number of carbonyl (C=O) groups is 2. The lowest BCUT2D eigenvalue weighted by Gasteiger charge is -2.14. The highest BCUT2D eigenvalue weighted by molar-refractivity contribution is 7.99. The van der Waals surface area contributed by atoms with E-state index in [-0.39, 0.29) is 0 Å². The second kappa shape index (κ2) is 10.0. The highest BCUT2D eigenvalue weighted by Gasteiger charge is 2.41. The molecule has 1 heterocycles. The van der Waals surface area contributed by atoms with Gasteiger partial charge < -0.3 is 36.0 Å². The van der Waals surface area contributed by atoms with Crippen LogP contribution in [-0.4, -0.2) is 85.8 Å². The summed E-state index contributed by atoms with van der Waals surface area (Å²) in [5, 5.41) is 43.5. The maximum absolute atomic E-state index is 10.6. The number of carboxylic acids is 2. The zero-order valence-electron chi connectivity index (χ0n) is 12.1. The van der Waals surface area contributed by atoms with E-state index in [2.05, 4.69) is 0 Å². The summed E-state index contributed by atoms with van der Waals surface area (Å²) in [5.41, 5.74) is 5.31. The maximum Gasteiger partial charge on any atom is 0.490 e. The Kier molecular flexibility index (Phi) is 9.54. The van der Waals surface area contributed by atoms with E-state index < -0.39 is 48.8 Å². The van der Waals surface area contributed by atoms with Crippen molar-refractivity contribution < 1.29 is 53.0 Å². The highest BCUT2D eigenvalue weighted by Crippen LogP contribution is 2.23. The minimum Gasteiger partial charge on any atom is -0.480 e. The first-order chi connectivity index (χ1) is 10.9. The average molecular weight is 381 g/mol. The van der Waals surface area contributed by atoms with Crippen molar-refractivity contribution in [2.75, 3.05) is 11.5 Å². The molecule has 0 saturated carbocycles. The summed E-state index contributed by atoms with van der Waals surface area (Å²) in [6.45, 7) is 0. The summed E-state index contributed by atoms with van der Waals surface area (Å²) in [5.74, 6) is -2.94. The predicted octanol–water partition coefficient (Wildman–Crippen LogP) is -1.41. The zero-order chi connectivity index (χ0) is 19.1. The van der Waals surface area contributed by atoms with Gasteiger partial charge in [0.25, 0.3) is 0 Å². The summed E-state index contributed by atoms with van der Waals surface area (Å²) in [6, 6.07) is -0.895. The van der Waals surface area contributed by atoms with Crippen molar-refractivity contribution in [3.05, 3.63) is 0 Å². The van der Waals surface area contributed by atoms with Gasteiger partial charge in [0.1, 0.15) is 18.2 Å². The quantitative estimate of drug-likeness (QED) is 0.300. The molecule has 0 bridgehead atoms. The monoisotopic (exact) mass is 381 g/mol. The molecule has 13 heteroatoms. The molecule has 0 unspecified atom stereocenters. The summed E-state index contributed by atoms with van der Waals surface area (Å²) < 4.78 is 36.7. The highest BCUT2D eigenvalue weighted by atomic mass is 32.2. The number of aliphatic hydroxyl groups excluding tert-OH is 3. The third kappa shape index (κ3) is 8.12. The number of hydrogen-bond acceptors (Lipinski definition) is 8. The lowest BCUT2D eigenvalue weighted by Crippen LogP contribution is -2.33. The van der Waals surface area contributed by atoms with Crippen LogP contribution in [0, 0.1) is 0 Å². The standard InChI is InChI=1S/C9H17NO6S.C2HF3O2/c10-4(8(13)14)1-2-17-3-5-6(11)7(12)9(15)16-5;3-2(4,5)1(6)7/h4-7,9,11-12,15H,1-3,10H2,(H,13,14);(H,6,7)/t4-,5+,6+,7+,9+;/m0./s1. The van der Waals surface area contributed by atoms with Gasteiger partial charge in [-0.1, -0.05) is 0 Å². The van der Waals surface area contributed by atoms with Crippen molar-refractivity contribution in [2.24, 2.45) is 5.73 Å². The summed E-state index contributed by atoms with van der Waals surface area (Å²) in [6.07, 6.45) is -9.19. The van der Waals surface area contributed by atoms with E-state index in [1.807, 2.05) is 0 Å². The molecule has 7 N–H and O–H groups in total. The minimum atomic E-state index is -5.08. The topological polar surface area (TPSA) is 171 Å². The fourth-order valence-corrected chi connectivity index (χ4v) is 2.50. The van der Waals surface area contributed by atoms with Crippen LogP contribution in [0.1, 0.15) is 6.42 Å². The van der Waals surface area contributed by atoms with Crippen LogP contribution in [0.3, 0.4) is 0 Å². The second-order valence-electron chi connectivity index (χ2n) is 4.66. The van der Waals surface area contributed by atoms with Gasteiger partial charge in [-0.15, -0.1) is 0 Å². The molecular weight excluding hydrogens is 363 g/mol. The molecule has 1 aliphatic rings. The van der Waals surface area contributed by atoms with Crippen LogP contribution in [0.4, 0.5) is 13.2 Å². The molecule has 24 heavy (non-hydrogen) atoms. The molecule has 1 rings (SSSR count). The Morgan fingerprint density at radius 1 is 1.17 bits per heavy atom. The molecule has 0 radical (unpaired) electrons. The lowest BCUT2D eigenvalue weighted by atomic mass is 10.2. The van der Waals surface area contributed by atoms with E-state index in [1.54, 1.807) is 0 Å². The first kappa shape index (κ1) is 22.9. The Labute approximate surface area is 138 Å². The van der Waals surface area contributed by atoms with Crippen molar-refractivity contribution in [3.63, 3.8) is 0 Å². The lowest BCUT2D eigenvalue weighted by molar-refractivity contribution is -0.192. The maximum atomic E-state index is 10.6. The molecule has 142 valence electrons. The van der Waals surface area contributed by atoms with Crippen LogP contribution < -0.4 is 5.73 Å². The van der Waals surface area contributed by atoms with E-state index in [1.165, 1.54) is 11.8 Å². The normalized spacial score (nSPS) is 28.0. The smallest absolute Gasteiger partial charge is 0.480 e. The molecule has 0 aromatic carbocycles. The first-order valence-corrected chi connectivity index (χ1v) is 7.59. The summed E-state index contributed by atoms with van der Waals surface area (Å²) >= 11 is 1.35. The van der Waals surface area contributed by atoms with Crippen molar-refractivity contribution in [3.8, 4) is 0 Å². The number of aliphatic hydroxyl groups is 3. The van der Waals surface area contributed by atoms with Crippen molar-refractivity contribution in [1.29, 1.82) is 0 Å². The fourth-order valence-electron chi connectivity index (χ4n) is 1.40. The van der Waals surface area contributed by atoms with Gasteiger partial charge >= 0.3 is 18.1 Å². The summed E-state index contributed by atoms with van der Waals surface area (Å²) in [4.78, 5) is 19.3.